The average Bonchev–Trinajstić information content (AvgIpc) is 3.18. The van der Waals surface area contributed by atoms with Crippen LogP contribution in [0.4, 0.5) is 5.69 Å². The van der Waals surface area contributed by atoms with Gasteiger partial charge in [-0.3, -0.25) is 4.79 Å². The Kier molecular flexibility index (Phi) is 6.45. The number of esters is 1. The maximum Gasteiger partial charge on any atom is 0.349 e. The number of carbonyl (C=O) groups is 2. The minimum absolute atomic E-state index is 0.371. The molecule has 0 saturated heterocycles. The molecule has 0 saturated carbocycles. The Hall–Kier alpha value is -3.12. The Labute approximate surface area is 167 Å². The van der Waals surface area contributed by atoms with Crippen molar-refractivity contribution in [2.24, 2.45) is 0 Å². The van der Waals surface area contributed by atoms with Crippen LogP contribution in [-0.4, -0.2) is 25.1 Å². The molecule has 144 valence electrons. The quantitative estimate of drug-likeness (QED) is 0.577. The number of thiophene rings is 1. The van der Waals surface area contributed by atoms with Crippen molar-refractivity contribution in [2.75, 3.05) is 18.5 Å². The zero-order valence-electron chi connectivity index (χ0n) is 15.7. The summed E-state index contributed by atoms with van der Waals surface area (Å²) >= 11 is 1.30. The number of carbonyl (C=O) groups excluding carboxylic acids is 2. The van der Waals surface area contributed by atoms with Gasteiger partial charge in [-0.2, -0.15) is 0 Å². The molecular formula is C22H21NO4S. The van der Waals surface area contributed by atoms with Crippen LogP contribution in [0.2, 0.25) is 0 Å². The highest BCUT2D eigenvalue weighted by Gasteiger charge is 2.18. The number of hydrogen-bond acceptors (Lipinski definition) is 5. The minimum Gasteiger partial charge on any atom is -0.492 e. The molecule has 0 aliphatic rings. The van der Waals surface area contributed by atoms with Crippen molar-refractivity contribution < 1.29 is 19.1 Å². The first kappa shape index (κ1) is 19.6. The number of nitrogens with one attached hydrogen (secondary N) is 1. The van der Waals surface area contributed by atoms with Crippen LogP contribution in [0.5, 0.6) is 5.75 Å². The maximum atomic E-state index is 12.5. The Morgan fingerprint density at radius 3 is 2.54 bits per heavy atom. The molecular weight excluding hydrogens is 374 g/mol. The molecule has 0 spiro atoms. The fourth-order valence-corrected chi connectivity index (χ4v) is 3.47. The molecule has 0 aliphatic carbocycles. The van der Waals surface area contributed by atoms with Gasteiger partial charge in [-0.25, -0.2) is 4.79 Å². The number of para-hydroxylation sites is 2. The molecule has 1 aromatic heterocycles. The molecule has 6 heteroatoms. The van der Waals surface area contributed by atoms with E-state index in [0.717, 1.165) is 16.7 Å². The molecule has 28 heavy (non-hydrogen) atoms. The fraction of sp³-hybridized carbons (Fsp3) is 0.182. The number of ether oxygens (including phenoxy) is 2. The molecule has 0 fully saturated rings. The van der Waals surface area contributed by atoms with Gasteiger partial charge in [0.2, 0.25) is 0 Å². The first-order chi connectivity index (χ1) is 13.6. The highest BCUT2D eigenvalue weighted by atomic mass is 32.1. The average molecular weight is 395 g/mol. The second kappa shape index (κ2) is 9.19. The second-order valence-electron chi connectivity index (χ2n) is 6.08. The van der Waals surface area contributed by atoms with Crippen LogP contribution in [0.3, 0.4) is 0 Å². The van der Waals surface area contributed by atoms with Crippen molar-refractivity contribution in [2.45, 2.75) is 13.8 Å². The number of hydrogen-bond donors (Lipinski definition) is 1. The van der Waals surface area contributed by atoms with Gasteiger partial charge in [-0.1, -0.05) is 42.0 Å². The summed E-state index contributed by atoms with van der Waals surface area (Å²) in [5.41, 5.74) is 3.43. The summed E-state index contributed by atoms with van der Waals surface area (Å²) in [6.45, 7) is 3.99. The predicted octanol–water partition coefficient (Wildman–Crippen LogP) is 4.92. The van der Waals surface area contributed by atoms with Crippen molar-refractivity contribution in [3.05, 3.63) is 70.4 Å². The van der Waals surface area contributed by atoms with Crippen LogP contribution in [0.15, 0.2) is 60.0 Å². The lowest BCUT2D eigenvalue weighted by Crippen LogP contribution is -2.21. The smallest absolute Gasteiger partial charge is 0.349 e. The van der Waals surface area contributed by atoms with Gasteiger partial charge >= 0.3 is 5.97 Å². The Bertz CT molecular complexity index is 963. The highest BCUT2D eigenvalue weighted by Crippen LogP contribution is 2.29. The van der Waals surface area contributed by atoms with Crippen molar-refractivity contribution in [3.8, 4) is 16.9 Å². The van der Waals surface area contributed by atoms with E-state index in [1.54, 1.807) is 18.2 Å². The molecule has 5 nitrogen and oxygen atoms in total. The second-order valence-corrected chi connectivity index (χ2v) is 7.00. The lowest BCUT2D eigenvalue weighted by atomic mass is 10.1. The van der Waals surface area contributed by atoms with Crippen LogP contribution in [-0.2, 0) is 9.53 Å². The molecule has 1 amide bonds. The summed E-state index contributed by atoms with van der Waals surface area (Å²) in [5.74, 6) is -0.364. The third-order valence-electron chi connectivity index (χ3n) is 4.01. The van der Waals surface area contributed by atoms with Gasteiger partial charge in [-0.05, 0) is 43.0 Å². The largest absolute Gasteiger partial charge is 0.492 e. The summed E-state index contributed by atoms with van der Waals surface area (Å²) in [6.07, 6.45) is 0. The molecule has 0 unspecified atom stereocenters. The van der Waals surface area contributed by atoms with Gasteiger partial charge in [0.15, 0.2) is 6.61 Å². The van der Waals surface area contributed by atoms with E-state index in [2.05, 4.69) is 5.32 Å². The summed E-state index contributed by atoms with van der Waals surface area (Å²) in [6, 6.07) is 16.9. The number of benzene rings is 2. The van der Waals surface area contributed by atoms with E-state index in [9.17, 15) is 9.59 Å². The van der Waals surface area contributed by atoms with Gasteiger partial charge in [-0.15, -0.1) is 11.3 Å². The number of rotatable bonds is 7. The maximum absolute atomic E-state index is 12.5. The van der Waals surface area contributed by atoms with Gasteiger partial charge < -0.3 is 14.8 Å². The summed E-state index contributed by atoms with van der Waals surface area (Å²) < 4.78 is 10.7. The van der Waals surface area contributed by atoms with E-state index in [0.29, 0.717) is 22.9 Å². The number of aryl methyl sites for hydroxylation is 1. The van der Waals surface area contributed by atoms with Crippen LogP contribution in [0.1, 0.15) is 22.2 Å². The topological polar surface area (TPSA) is 64.6 Å². The van der Waals surface area contributed by atoms with E-state index in [1.165, 1.54) is 11.3 Å². The zero-order chi connectivity index (χ0) is 19.9. The molecule has 3 rings (SSSR count). The Morgan fingerprint density at radius 2 is 1.79 bits per heavy atom. The molecule has 0 radical (unpaired) electrons. The van der Waals surface area contributed by atoms with E-state index in [-0.39, 0.29) is 6.61 Å². The highest BCUT2D eigenvalue weighted by molar-refractivity contribution is 7.12. The monoisotopic (exact) mass is 395 g/mol. The van der Waals surface area contributed by atoms with Crippen molar-refractivity contribution in [3.63, 3.8) is 0 Å². The first-order valence-corrected chi connectivity index (χ1v) is 9.79. The third kappa shape index (κ3) is 4.78. The first-order valence-electron chi connectivity index (χ1n) is 8.92. The normalized spacial score (nSPS) is 10.4. The zero-order valence-corrected chi connectivity index (χ0v) is 16.5. The Balaban J connectivity index is 1.63. The number of amides is 1. The molecule has 0 atom stereocenters. The van der Waals surface area contributed by atoms with Crippen LogP contribution >= 0.6 is 11.3 Å². The third-order valence-corrected chi connectivity index (χ3v) is 4.90. The van der Waals surface area contributed by atoms with Gasteiger partial charge in [0.05, 0.1) is 12.3 Å². The summed E-state index contributed by atoms with van der Waals surface area (Å²) in [4.78, 5) is 25.1. The van der Waals surface area contributed by atoms with Crippen molar-refractivity contribution in [1.82, 2.24) is 0 Å². The van der Waals surface area contributed by atoms with E-state index < -0.39 is 11.9 Å². The SMILES string of the molecule is CCOc1ccccc1NC(=O)COC(=O)c1sccc1-c1ccc(C)cc1. The molecule has 1 N–H and O–H groups in total. The molecule has 3 aromatic rings. The van der Waals surface area contributed by atoms with Crippen LogP contribution < -0.4 is 10.1 Å². The van der Waals surface area contributed by atoms with Gasteiger partial charge in [0.25, 0.3) is 5.91 Å². The van der Waals surface area contributed by atoms with Crippen molar-refractivity contribution in [1.29, 1.82) is 0 Å². The lowest BCUT2D eigenvalue weighted by Gasteiger charge is -2.11. The number of anilines is 1. The van der Waals surface area contributed by atoms with E-state index in [1.807, 2.05) is 55.6 Å². The predicted molar refractivity (Wildman–Crippen MR) is 111 cm³/mol. The van der Waals surface area contributed by atoms with Crippen molar-refractivity contribution >= 4 is 28.9 Å². The molecule has 2 aromatic carbocycles. The van der Waals surface area contributed by atoms with Gasteiger partial charge in [0.1, 0.15) is 10.6 Å². The Morgan fingerprint density at radius 1 is 1.04 bits per heavy atom. The minimum atomic E-state index is -0.515. The van der Waals surface area contributed by atoms with Crippen LogP contribution in [0, 0.1) is 6.92 Å². The fourth-order valence-electron chi connectivity index (χ4n) is 2.66. The van der Waals surface area contributed by atoms with E-state index >= 15 is 0 Å². The molecule has 1 heterocycles. The molecule has 0 aliphatic heterocycles. The summed E-state index contributed by atoms with van der Waals surface area (Å²) in [5, 5.41) is 4.55. The van der Waals surface area contributed by atoms with Crippen LogP contribution in [0.25, 0.3) is 11.1 Å². The summed E-state index contributed by atoms with van der Waals surface area (Å²) in [7, 11) is 0. The van der Waals surface area contributed by atoms with Gasteiger partial charge in [0, 0.05) is 5.56 Å². The standard InChI is InChI=1S/C22H21NO4S/c1-3-26-19-7-5-4-6-18(19)23-20(24)14-27-22(25)21-17(12-13-28-21)16-10-8-15(2)9-11-16/h4-13H,3,14H2,1-2H3,(H,23,24). The molecule has 0 bridgehead atoms. The van der Waals surface area contributed by atoms with E-state index in [4.69, 9.17) is 9.47 Å². The lowest BCUT2D eigenvalue weighted by molar-refractivity contribution is -0.119.